The minimum absolute atomic E-state index is 0.582. The third-order valence-electron chi connectivity index (χ3n) is 6.45. The lowest BCUT2D eigenvalue weighted by molar-refractivity contribution is 0.139. The Morgan fingerprint density at radius 1 is 1.12 bits per heavy atom. The third-order valence-corrected chi connectivity index (χ3v) is 6.45. The first-order valence-electron chi connectivity index (χ1n) is 9.86. The van der Waals surface area contributed by atoms with Gasteiger partial charge < -0.3 is 4.57 Å². The molecule has 4 heterocycles. The molecule has 134 valence electrons. The molecule has 1 aromatic carbocycles. The number of aromatic nitrogens is 2. The van der Waals surface area contributed by atoms with Gasteiger partial charge in [-0.1, -0.05) is 17.7 Å². The van der Waals surface area contributed by atoms with Crippen molar-refractivity contribution in [3.63, 3.8) is 0 Å². The van der Waals surface area contributed by atoms with Crippen molar-refractivity contribution in [1.82, 2.24) is 14.5 Å². The molecule has 3 nitrogen and oxygen atoms in total. The molecule has 2 bridgehead atoms. The lowest BCUT2D eigenvalue weighted by atomic mass is 9.77. The normalized spacial score (nSPS) is 22.1. The maximum atomic E-state index is 4.47. The second-order valence-electron chi connectivity index (χ2n) is 8.26. The van der Waals surface area contributed by atoms with Crippen molar-refractivity contribution >= 4 is 10.9 Å². The van der Waals surface area contributed by atoms with Crippen LogP contribution in [-0.4, -0.2) is 28.0 Å². The highest BCUT2D eigenvalue weighted by molar-refractivity contribution is 5.87. The van der Waals surface area contributed by atoms with Gasteiger partial charge in [-0.05, 0) is 75.4 Å². The van der Waals surface area contributed by atoms with E-state index >= 15 is 0 Å². The molecule has 0 radical (unpaired) electrons. The number of aryl methyl sites for hydroxylation is 4. The summed E-state index contributed by atoms with van der Waals surface area (Å²) in [5, 5.41) is 1.50. The predicted octanol–water partition coefficient (Wildman–Crippen LogP) is 4.76. The number of pyridine rings is 1. The fourth-order valence-electron chi connectivity index (χ4n) is 5.16. The van der Waals surface area contributed by atoms with Crippen molar-refractivity contribution in [2.24, 2.45) is 0 Å². The lowest BCUT2D eigenvalue weighted by Gasteiger charge is -2.44. The van der Waals surface area contributed by atoms with Crippen molar-refractivity contribution < 1.29 is 0 Å². The number of piperidine rings is 1. The molecule has 0 spiro atoms. The molecule has 0 amide bonds. The minimum Gasteiger partial charge on any atom is -0.342 e. The van der Waals surface area contributed by atoms with Gasteiger partial charge in [0.25, 0.3) is 0 Å². The van der Waals surface area contributed by atoms with Crippen LogP contribution in [0.25, 0.3) is 10.9 Å². The van der Waals surface area contributed by atoms with E-state index in [9.17, 15) is 0 Å². The topological polar surface area (TPSA) is 21.1 Å². The summed E-state index contributed by atoms with van der Waals surface area (Å²) in [5.41, 5.74) is 8.46. The zero-order chi connectivity index (χ0) is 17.8. The number of rotatable bonds is 3. The van der Waals surface area contributed by atoms with Gasteiger partial charge in [-0.15, -0.1) is 0 Å². The number of likely N-dealkylation sites (N-methyl/N-ethyl adjacent to an activating group) is 1. The fourth-order valence-corrected chi connectivity index (χ4v) is 5.16. The quantitative estimate of drug-likeness (QED) is 0.682. The van der Waals surface area contributed by atoms with Crippen LogP contribution in [-0.2, 0) is 13.0 Å². The van der Waals surface area contributed by atoms with E-state index in [1.165, 1.54) is 41.4 Å². The van der Waals surface area contributed by atoms with E-state index in [1.807, 2.05) is 6.20 Å². The minimum atomic E-state index is 0.582. The van der Waals surface area contributed by atoms with Gasteiger partial charge in [0.2, 0.25) is 0 Å². The van der Waals surface area contributed by atoms with Gasteiger partial charge in [0.1, 0.15) is 0 Å². The number of nitrogens with zero attached hydrogens (tertiary/aromatic N) is 3. The number of hydrogen-bond donors (Lipinski definition) is 0. The van der Waals surface area contributed by atoms with E-state index in [4.69, 9.17) is 0 Å². The van der Waals surface area contributed by atoms with E-state index in [0.29, 0.717) is 12.0 Å². The first-order valence-corrected chi connectivity index (χ1v) is 9.86. The Kier molecular flexibility index (Phi) is 3.68. The highest BCUT2D eigenvalue weighted by Gasteiger charge is 2.40. The summed E-state index contributed by atoms with van der Waals surface area (Å²) in [6.45, 7) is 6.52. The SMILES string of the molecule is Cc1ccc2c(c1)c1c(n2CCc2ccc(C)nc2)C2CCC1CN2C. The second-order valence-corrected chi connectivity index (χ2v) is 8.26. The Balaban J connectivity index is 1.61. The maximum absolute atomic E-state index is 4.47. The van der Waals surface area contributed by atoms with Crippen LogP contribution in [0, 0.1) is 13.8 Å². The predicted molar refractivity (Wildman–Crippen MR) is 107 cm³/mol. The Labute approximate surface area is 155 Å². The summed E-state index contributed by atoms with van der Waals surface area (Å²) in [5.74, 6) is 0.701. The summed E-state index contributed by atoms with van der Waals surface area (Å²) >= 11 is 0. The van der Waals surface area contributed by atoms with Crippen LogP contribution in [0.2, 0.25) is 0 Å². The summed E-state index contributed by atoms with van der Waals surface area (Å²) in [6, 6.07) is 12.0. The average Bonchev–Trinajstić information content (AvgIpc) is 2.97. The van der Waals surface area contributed by atoms with Gasteiger partial charge in [0.15, 0.2) is 0 Å². The van der Waals surface area contributed by atoms with Crippen molar-refractivity contribution in [2.45, 2.75) is 51.6 Å². The molecule has 1 saturated heterocycles. The molecule has 6 rings (SSSR count). The monoisotopic (exact) mass is 345 g/mol. The largest absolute Gasteiger partial charge is 0.342 e. The molecule has 0 N–H and O–H groups in total. The van der Waals surface area contributed by atoms with Gasteiger partial charge in [-0.3, -0.25) is 9.88 Å². The molecule has 1 fully saturated rings. The van der Waals surface area contributed by atoms with Crippen LogP contribution in [0.4, 0.5) is 0 Å². The van der Waals surface area contributed by atoms with E-state index in [2.05, 4.69) is 65.7 Å². The van der Waals surface area contributed by atoms with Crippen molar-refractivity contribution in [1.29, 1.82) is 0 Å². The highest BCUT2D eigenvalue weighted by Crippen LogP contribution is 2.50. The molecular weight excluding hydrogens is 318 g/mol. The van der Waals surface area contributed by atoms with Crippen molar-refractivity contribution in [3.8, 4) is 0 Å². The molecule has 3 aromatic rings. The van der Waals surface area contributed by atoms with Crippen molar-refractivity contribution in [3.05, 3.63) is 64.6 Å². The Morgan fingerprint density at radius 2 is 2.00 bits per heavy atom. The molecule has 1 aliphatic carbocycles. The zero-order valence-electron chi connectivity index (χ0n) is 16.0. The summed E-state index contributed by atoms with van der Waals surface area (Å²) in [6.07, 6.45) is 5.72. The lowest BCUT2D eigenvalue weighted by Crippen LogP contribution is -2.40. The van der Waals surface area contributed by atoms with Crippen LogP contribution in [0.3, 0.4) is 0 Å². The molecule has 0 saturated carbocycles. The average molecular weight is 345 g/mol. The second kappa shape index (κ2) is 5.95. The summed E-state index contributed by atoms with van der Waals surface area (Å²) in [4.78, 5) is 7.05. The van der Waals surface area contributed by atoms with Gasteiger partial charge in [-0.2, -0.15) is 0 Å². The molecule has 2 aromatic heterocycles. The van der Waals surface area contributed by atoms with Gasteiger partial charge in [-0.25, -0.2) is 0 Å². The first-order chi connectivity index (χ1) is 12.6. The Morgan fingerprint density at radius 3 is 2.77 bits per heavy atom. The van der Waals surface area contributed by atoms with Gasteiger partial charge in [0, 0.05) is 41.6 Å². The molecule has 3 aliphatic rings. The Bertz CT molecular complexity index is 967. The molecule has 2 atom stereocenters. The van der Waals surface area contributed by atoms with Crippen LogP contribution >= 0.6 is 0 Å². The highest BCUT2D eigenvalue weighted by atomic mass is 15.2. The van der Waals surface area contributed by atoms with Crippen LogP contribution in [0.15, 0.2) is 36.5 Å². The smallest absolute Gasteiger partial charge is 0.0501 e. The summed E-state index contributed by atoms with van der Waals surface area (Å²) < 4.78 is 2.62. The number of benzene rings is 1. The van der Waals surface area contributed by atoms with E-state index in [-0.39, 0.29) is 0 Å². The van der Waals surface area contributed by atoms with E-state index in [0.717, 1.165) is 18.7 Å². The first kappa shape index (κ1) is 16.1. The molecule has 3 heteroatoms. The van der Waals surface area contributed by atoms with Crippen LogP contribution < -0.4 is 0 Å². The number of hydrogen-bond acceptors (Lipinski definition) is 2. The third kappa shape index (κ3) is 2.41. The standard InChI is InChI=1S/C23H27N3/c1-15-4-8-20-19(12-15)22-18-7-9-21(25(3)14-18)23(22)26(20)11-10-17-6-5-16(2)24-13-17/h4-6,8,12-13,18,21H,7,9-11,14H2,1-3H3. The van der Waals surface area contributed by atoms with E-state index < -0.39 is 0 Å². The molecular formula is C23H27N3. The van der Waals surface area contributed by atoms with Gasteiger partial charge in [0.05, 0.1) is 6.04 Å². The molecule has 2 aliphatic heterocycles. The maximum Gasteiger partial charge on any atom is 0.0501 e. The zero-order valence-corrected chi connectivity index (χ0v) is 16.0. The summed E-state index contributed by atoms with van der Waals surface area (Å²) in [7, 11) is 2.30. The molecule has 26 heavy (non-hydrogen) atoms. The number of fused-ring (bicyclic) bond motifs is 3. The van der Waals surface area contributed by atoms with Crippen LogP contribution in [0.5, 0.6) is 0 Å². The fraction of sp³-hybridized carbons (Fsp3) is 0.435. The van der Waals surface area contributed by atoms with E-state index in [1.54, 1.807) is 11.3 Å². The Hall–Kier alpha value is -2.13. The molecule has 2 unspecified atom stereocenters. The van der Waals surface area contributed by atoms with Crippen molar-refractivity contribution in [2.75, 3.05) is 13.6 Å². The van der Waals surface area contributed by atoms with Crippen LogP contribution in [0.1, 0.15) is 52.9 Å². The van der Waals surface area contributed by atoms with Gasteiger partial charge >= 0.3 is 0 Å².